The van der Waals surface area contributed by atoms with Crippen molar-refractivity contribution in [3.63, 3.8) is 0 Å². The fourth-order valence-electron chi connectivity index (χ4n) is 3.60. The van der Waals surface area contributed by atoms with Gasteiger partial charge in [0.2, 0.25) is 0 Å². The minimum atomic E-state index is -0.468. The van der Waals surface area contributed by atoms with Gasteiger partial charge in [-0.2, -0.15) is 0 Å². The van der Waals surface area contributed by atoms with Crippen LogP contribution in [0.15, 0.2) is 73.2 Å². The van der Waals surface area contributed by atoms with E-state index in [1.165, 1.54) is 6.20 Å². The zero-order chi connectivity index (χ0) is 22.3. The number of likely N-dealkylation sites (tertiary alicyclic amines) is 1. The molecule has 3 aromatic rings. The Balaban J connectivity index is 1.25. The second-order valence-corrected chi connectivity index (χ2v) is 7.47. The number of hydrogen-bond acceptors (Lipinski definition) is 4. The average molecular weight is 432 g/mol. The highest BCUT2D eigenvalue weighted by molar-refractivity contribution is 5.95. The monoisotopic (exact) mass is 432 g/mol. The van der Waals surface area contributed by atoms with E-state index < -0.39 is 11.9 Å². The topological polar surface area (TPSA) is 108 Å². The summed E-state index contributed by atoms with van der Waals surface area (Å²) < 4.78 is 1.64. The number of nitrogens with zero attached hydrogens (tertiary/aromatic N) is 3. The van der Waals surface area contributed by atoms with Crippen molar-refractivity contribution in [3.8, 4) is 5.69 Å². The van der Waals surface area contributed by atoms with Crippen molar-refractivity contribution in [2.24, 2.45) is 0 Å². The van der Waals surface area contributed by atoms with Crippen LogP contribution in [0.25, 0.3) is 5.69 Å². The molecule has 4 rings (SSSR count). The third kappa shape index (κ3) is 4.94. The molecule has 4 amide bonds. The summed E-state index contributed by atoms with van der Waals surface area (Å²) in [5, 5.41) is 3.01. The molecule has 0 bridgehead atoms. The van der Waals surface area contributed by atoms with Crippen LogP contribution in [0.4, 0.5) is 4.79 Å². The zero-order valence-electron chi connectivity index (χ0n) is 17.4. The van der Waals surface area contributed by atoms with Crippen molar-refractivity contribution in [1.82, 2.24) is 30.6 Å². The molecule has 32 heavy (non-hydrogen) atoms. The van der Waals surface area contributed by atoms with Crippen LogP contribution < -0.4 is 16.2 Å². The van der Waals surface area contributed by atoms with Crippen molar-refractivity contribution < 1.29 is 14.4 Å². The van der Waals surface area contributed by atoms with Crippen LogP contribution in [0.3, 0.4) is 0 Å². The van der Waals surface area contributed by atoms with E-state index >= 15 is 0 Å². The molecule has 164 valence electrons. The molecular formula is C23H24N6O3. The molecule has 1 aromatic heterocycles. The molecule has 0 unspecified atom stereocenters. The number of carbonyl (C=O) groups is 3. The smallest absolute Gasteiger partial charge is 0.336 e. The molecule has 9 nitrogen and oxygen atoms in total. The first kappa shape index (κ1) is 21.1. The van der Waals surface area contributed by atoms with Crippen molar-refractivity contribution in [2.45, 2.75) is 18.9 Å². The van der Waals surface area contributed by atoms with Crippen LogP contribution in [0.1, 0.15) is 33.7 Å². The highest BCUT2D eigenvalue weighted by Gasteiger charge is 2.24. The van der Waals surface area contributed by atoms with Crippen LogP contribution in [0, 0.1) is 0 Å². The number of benzene rings is 2. The van der Waals surface area contributed by atoms with Gasteiger partial charge in [-0.15, -0.1) is 0 Å². The van der Waals surface area contributed by atoms with E-state index in [-0.39, 0.29) is 11.9 Å². The van der Waals surface area contributed by atoms with Gasteiger partial charge >= 0.3 is 6.03 Å². The Morgan fingerprint density at radius 2 is 1.50 bits per heavy atom. The van der Waals surface area contributed by atoms with Gasteiger partial charge in [-0.1, -0.05) is 36.4 Å². The van der Waals surface area contributed by atoms with Gasteiger partial charge in [0.1, 0.15) is 5.69 Å². The number of carbonyl (C=O) groups excluding carboxylic acids is 3. The minimum absolute atomic E-state index is 0.00145. The fourth-order valence-corrected chi connectivity index (χ4v) is 3.60. The summed E-state index contributed by atoms with van der Waals surface area (Å²) in [6.45, 7) is 0.951. The van der Waals surface area contributed by atoms with E-state index in [1.54, 1.807) is 27.9 Å². The largest absolute Gasteiger partial charge is 0.349 e. The lowest BCUT2D eigenvalue weighted by Crippen LogP contribution is -2.53. The quantitative estimate of drug-likeness (QED) is 0.549. The molecule has 3 N–H and O–H groups in total. The molecule has 1 aliphatic heterocycles. The summed E-state index contributed by atoms with van der Waals surface area (Å²) in [4.78, 5) is 42.9. The number of hydrazine groups is 1. The van der Waals surface area contributed by atoms with E-state index in [1.807, 2.05) is 48.5 Å². The number of rotatable bonds is 4. The average Bonchev–Trinajstić information content (AvgIpc) is 3.34. The Morgan fingerprint density at radius 1 is 0.844 bits per heavy atom. The van der Waals surface area contributed by atoms with Gasteiger partial charge in [0.25, 0.3) is 11.8 Å². The number of piperidine rings is 1. The summed E-state index contributed by atoms with van der Waals surface area (Å²) in [5.74, 6) is -0.583. The number of aromatic nitrogens is 2. The molecule has 2 aromatic carbocycles. The molecule has 9 heteroatoms. The second-order valence-electron chi connectivity index (χ2n) is 7.47. The first-order valence-electron chi connectivity index (χ1n) is 10.4. The van der Waals surface area contributed by atoms with E-state index in [0.29, 0.717) is 37.2 Å². The first-order chi connectivity index (χ1) is 15.6. The summed E-state index contributed by atoms with van der Waals surface area (Å²) in [6.07, 6.45) is 4.26. The molecule has 0 aliphatic carbocycles. The fraction of sp³-hybridized carbons (Fsp3) is 0.217. The number of urea groups is 1. The van der Waals surface area contributed by atoms with Gasteiger partial charge < -0.3 is 10.2 Å². The Hall–Kier alpha value is -4.14. The summed E-state index contributed by atoms with van der Waals surface area (Å²) >= 11 is 0. The third-order valence-electron chi connectivity index (χ3n) is 5.34. The summed E-state index contributed by atoms with van der Waals surface area (Å²) in [7, 11) is 0. The lowest BCUT2D eigenvalue weighted by molar-refractivity contribution is 0.0897. The predicted molar refractivity (Wildman–Crippen MR) is 118 cm³/mol. The van der Waals surface area contributed by atoms with E-state index in [4.69, 9.17) is 0 Å². The second kappa shape index (κ2) is 9.78. The SMILES string of the molecule is O=C(NC1CCN(C(=O)NNC(=O)c2cncn2-c2ccccc2)CC1)c1ccccc1. The number of para-hydroxylation sites is 1. The van der Waals surface area contributed by atoms with Gasteiger partial charge in [-0.3, -0.25) is 19.6 Å². The number of nitrogens with one attached hydrogen (secondary N) is 3. The molecular weight excluding hydrogens is 408 g/mol. The Morgan fingerprint density at radius 3 is 2.19 bits per heavy atom. The predicted octanol–water partition coefficient (Wildman–Crippen LogP) is 2.12. The van der Waals surface area contributed by atoms with E-state index in [0.717, 1.165) is 5.69 Å². The van der Waals surface area contributed by atoms with Gasteiger partial charge in [0, 0.05) is 30.4 Å². The van der Waals surface area contributed by atoms with Crippen LogP contribution in [-0.4, -0.2) is 51.4 Å². The molecule has 1 saturated heterocycles. The van der Waals surface area contributed by atoms with Crippen molar-refractivity contribution >= 4 is 17.8 Å². The molecule has 2 heterocycles. The number of hydrogen-bond donors (Lipinski definition) is 3. The molecule has 0 saturated carbocycles. The van der Waals surface area contributed by atoms with Gasteiger partial charge in [-0.05, 0) is 37.1 Å². The van der Waals surface area contributed by atoms with Crippen molar-refractivity contribution in [3.05, 3.63) is 84.4 Å². The van der Waals surface area contributed by atoms with Crippen LogP contribution in [0.5, 0.6) is 0 Å². The van der Waals surface area contributed by atoms with Gasteiger partial charge in [-0.25, -0.2) is 15.2 Å². The molecule has 1 aliphatic rings. The first-order valence-corrected chi connectivity index (χ1v) is 10.4. The maximum absolute atomic E-state index is 12.5. The van der Waals surface area contributed by atoms with Crippen LogP contribution in [0.2, 0.25) is 0 Å². The Kier molecular flexibility index (Phi) is 6.45. The molecule has 0 atom stereocenters. The van der Waals surface area contributed by atoms with Crippen molar-refractivity contribution in [1.29, 1.82) is 0 Å². The zero-order valence-corrected chi connectivity index (χ0v) is 17.4. The van der Waals surface area contributed by atoms with Gasteiger partial charge in [0.05, 0.1) is 12.5 Å². The number of imidazole rings is 1. The van der Waals surface area contributed by atoms with E-state index in [2.05, 4.69) is 21.2 Å². The highest BCUT2D eigenvalue weighted by Crippen LogP contribution is 2.12. The normalized spacial score (nSPS) is 13.9. The highest BCUT2D eigenvalue weighted by atomic mass is 16.2. The lowest BCUT2D eigenvalue weighted by Gasteiger charge is -2.32. The van der Waals surface area contributed by atoms with Gasteiger partial charge in [0.15, 0.2) is 0 Å². The standard InChI is InChI=1S/C23H24N6O3/c30-21(17-7-3-1-4-8-17)25-18-11-13-28(14-12-18)23(32)27-26-22(31)20-15-24-16-29(20)19-9-5-2-6-10-19/h1-10,15-16,18H,11-14H2,(H,25,30)(H,26,31)(H,27,32). The Bertz CT molecular complexity index is 1080. The summed E-state index contributed by atoms with van der Waals surface area (Å²) in [6, 6.07) is 18.0. The van der Waals surface area contributed by atoms with E-state index in [9.17, 15) is 14.4 Å². The molecule has 0 spiro atoms. The molecule has 0 radical (unpaired) electrons. The maximum Gasteiger partial charge on any atom is 0.336 e. The minimum Gasteiger partial charge on any atom is -0.349 e. The lowest BCUT2D eigenvalue weighted by atomic mass is 10.0. The molecule has 1 fully saturated rings. The number of amides is 4. The maximum atomic E-state index is 12.5. The van der Waals surface area contributed by atoms with Crippen LogP contribution >= 0.6 is 0 Å². The van der Waals surface area contributed by atoms with Crippen LogP contribution in [-0.2, 0) is 0 Å². The third-order valence-corrected chi connectivity index (χ3v) is 5.34. The summed E-state index contributed by atoms with van der Waals surface area (Å²) in [5.41, 5.74) is 6.62. The van der Waals surface area contributed by atoms with Crippen molar-refractivity contribution in [2.75, 3.05) is 13.1 Å². The Labute approximate surface area is 185 Å².